The molecule has 0 spiro atoms. The molecular weight excluding hydrogens is 341 g/mol. The Morgan fingerprint density at radius 2 is 1.78 bits per heavy atom. The molecule has 1 unspecified atom stereocenters. The van der Waals surface area contributed by atoms with Crippen molar-refractivity contribution in [1.29, 1.82) is 0 Å². The predicted molar refractivity (Wildman–Crippen MR) is 105 cm³/mol. The van der Waals surface area contributed by atoms with E-state index in [1.54, 1.807) is 24.4 Å². The van der Waals surface area contributed by atoms with Crippen LogP contribution in [-0.2, 0) is 6.42 Å². The van der Waals surface area contributed by atoms with Crippen LogP contribution in [0.3, 0.4) is 0 Å². The summed E-state index contributed by atoms with van der Waals surface area (Å²) in [6.07, 6.45) is 2.42. The van der Waals surface area contributed by atoms with E-state index < -0.39 is 0 Å². The summed E-state index contributed by atoms with van der Waals surface area (Å²) in [4.78, 5) is 16.6. The van der Waals surface area contributed by atoms with Crippen LogP contribution in [-0.4, -0.2) is 17.4 Å². The number of nitrogens with one attached hydrogen (secondary N) is 2. The van der Waals surface area contributed by atoms with E-state index in [-0.39, 0.29) is 17.8 Å². The second-order valence-corrected chi connectivity index (χ2v) is 6.34. The molecule has 0 radical (unpaired) electrons. The number of carbonyl (C=O) groups excluding carboxylic acids is 1. The van der Waals surface area contributed by atoms with Gasteiger partial charge in [-0.2, -0.15) is 0 Å². The largest absolute Gasteiger partial charge is 0.383 e. The molecule has 0 aliphatic carbocycles. The molecule has 4 nitrogen and oxygen atoms in total. The molecule has 0 fully saturated rings. The van der Waals surface area contributed by atoms with Crippen molar-refractivity contribution in [3.05, 3.63) is 95.6 Å². The minimum atomic E-state index is -0.230. The van der Waals surface area contributed by atoms with Crippen LogP contribution < -0.4 is 10.6 Å². The Morgan fingerprint density at radius 3 is 2.44 bits per heavy atom. The molecule has 1 heterocycles. The molecule has 2 N–H and O–H groups in total. The number of amides is 1. The van der Waals surface area contributed by atoms with Crippen molar-refractivity contribution < 1.29 is 9.18 Å². The highest BCUT2D eigenvalue weighted by atomic mass is 19.1. The summed E-state index contributed by atoms with van der Waals surface area (Å²) >= 11 is 0. The smallest absolute Gasteiger partial charge is 0.270 e. The average molecular weight is 363 g/mol. The van der Waals surface area contributed by atoms with Crippen LogP contribution in [0.25, 0.3) is 0 Å². The van der Waals surface area contributed by atoms with E-state index >= 15 is 0 Å². The van der Waals surface area contributed by atoms with Gasteiger partial charge in [-0.3, -0.25) is 4.79 Å². The number of pyridine rings is 1. The van der Waals surface area contributed by atoms with Crippen molar-refractivity contribution in [1.82, 2.24) is 10.3 Å². The van der Waals surface area contributed by atoms with Gasteiger partial charge >= 0.3 is 0 Å². The highest BCUT2D eigenvalue weighted by Gasteiger charge is 2.12. The van der Waals surface area contributed by atoms with Gasteiger partial charge in [0, 0.05) is 6.54 Å². The van der Waals surface area contributed by atoms with E-state index in [1.807, 2.05) is 43.3 Å². The fourth-order valence-electron chi connectivity index (χ4n) is 2.73. The van der Waals surface area contributed by atoms with Crippen molar-refractivity contribution in [2.75, 3.05) is 11.9 Å². The summed E-state index contributed by atoms with van der Waals surface area (Å²) in [5.74, 6) is -0.435. The quantitative estimate of drug-likeness (QED) is 0.655. The Balaban J connectivity index is 1.50. The van der Waals surface area contributed by atoms with Crippen molar-refractivity contribution in [3.8, 4) is 0 Å². The third-order valence-electron chi connectivity index (χ3n) is 4.30. The van der Waals surface area contributed by atoms with Gasteiger partial charge in [0.1, 0.15) is 11.5 Å². The van der Waals surface area contributed by atoms with Gasteiger partial charge in [-0.15, -0.1) is 0 Å². The lowest BCUT2D eigenvalue weighted by atomic mass is 10.1. The van der Waals surface area contributed by atoms with Crippen LogP contribution in [0.1, 0.15) is 34.6 Å². The second-order valence-electron chi connectivity index (χ2n) is 6.34. The third kappa shape index (κ3) is 5.38. The summed E-state index contributed by atoms with van der Waals surface area (Å²) in [6.45, 7) is 2.64. The van der Waals surface area contributed by atoms with Gasteiger partial charge < -0.3 is 10.6 Å². The molecular formula is C22H22FN3O. The zero-order valence-corrected chi connectivity index (χ0v) is 15.2. The summed E-state index contributed by atoms with van der Waals surface area (Å²) in [5.41, 5.74) is 3.32. The third-order valence-corrected chi connectivity index (χ3v) is 4.30. The maximum absolute atomic E-state index is 12.9. The van der Waals surface area contributed by atoms with Crippen LogP contribution >= 0.6 is 0 Å². The molecule has 0 bridgehead atoms. The van der Waals surface area contributed by atoms with Gasteiger partial charge in [-0.1, -0.05) is 42.5 Å². The lowest BCUT2D eigenvalue weighted by Gasteiger charge is -2.14. The lowest BCUT2D eigenvalue weighted by molar-refractivity contribution is 0.0935. The SMILES string of the molecule is CC(NC(=O)c1ccc(NCCc2ccc(F)cc2)cn1)c1ccccc1. The number of rotatable bonds is 7. The minimum Gasteiger partial charge on any atom is -0.383 e. The number of aromatic nitrogens is 1. The topological polar surface area (TPSA) is 54.0 Å². The zero-order valence-electron chi connectivity index (χ0n) is 15.2. The van der Waals surface area contributed by atoms with E-state index in [0.29, 0.717) is 12.2 Å². The first kappa shape index (κ1) is 18.6. The Kier molecular flexibility index (Phi) is 6.15. The van der Waals surface area contributed by atoms with Crippen LogP contribution in [0.4, 0.5) is 10.1 Å². The molecule has 0 aliphatic rings. The number of halogens is 1. The van der Waals surface area contributed by atoms with Crippen molar-refractivity contribution >= 4 is 11.6 Å². The molecule has 3 aromatic rings. The van der Waals surface area contributed by atoms with Gasteiger partial charge in [0.2, 0.25) is 0 Å². The number of carbonyl (C=O) groups is 1. The van der Waals surface area contributed by atoms with Gasteiger partial charge in [-0.05, 0) is 48.7 Å². The molecule has 0 aliphatic heterocycles. The Hall–Kier alpha value is -3.21. The monoisotopic (exact) mass is 363 g/mol. The van der Waals surface area contributed by atoms with Gasteiger partial charge in [-0.25, -0.2) is 9.37 Å². The molecule has 1 amide bonds. The van der Waals surface area contributed by atoms with E-state index in [1.165, 1.54) is 12.1 Å². The maximum atomic E-state index is 12.9. The summed E-state index contributed by atoms with van der Waals surface area (Å²) in [5, 5.41) is 6.20. The minimum absolute atomic E-state index is 0.0889. The van der Waals surface area contributed by atoms with E-state index in [0.717, 1.165) is 23.2 Å². The summed E-state index contributed by atoms with van der Waals surface area (Å²) in [6, 6.07) is 19.7. The second kappa shape index (κ2) is 8.94. The van der Waals surface area contributed by atoms with Gasteiger partial charge in [0.05, 0.1) is 17.9 Å². The fourth-order valence-corrected chi connectivity index (χ4v) is 2.73. The number of hydrogen-bond acceptors (Lipinski definition) is 3. The number of nitrogens with zero attached hydrogens (tertiary/aromatic N) is 1. The molecule has 0 saturated heterocycles. The Labute approximate surface area is 158 Å². The molecule has 1 aromatic heterocycles. The lowest BCUT2D eigenvalue weighted by Crippen LogP contribution is -2.27. The van der Waals surface area contributed by atoms with Crippen LogP contribution in [0, 0.1) is 5.82 Å². The molecule has 27 heavy (non-hydrogen) atoms. The zero-order chi connectivity index (χ0) is 19.1. The van der Waals surface area contributed by atoms with E-state index in [4.69, 9.17) is 0 Å². The number of hydrogen-bond donors (Lipinski definition) is 2. The summed E-state index contributed by atoms with van der Waals surface area (Å²) in [7, 11) is 0. The molecule has 0 saturated carbocycles. The maximum Gasteiger partial charge on any atom is 0.270 e. The molecule has 1 atom stereocenters. The van der Waals surface area contributed by atoms with Crippen LogP contribution in [0.2, 0.25) is 0 Å². The number of benzene rings is 2. The standard InChI is InChI=1S/C22H22FN3O/c1-16(18-5-3-2-4-6-18)26-22(27)21-12-11-20(15-25-21)24-14-13-17-7-9-19(23)10-8-17/h2-12,15-16,24H,13-14H2,1H3,(H,26,27). The van der Waals surface area contributed by atoms with E-state index in [2.05, 4.69) is 15.6 Å². The normalized spacial score (nSPS) is 11.6. The molecule has 138 valence electrons. The van der Waals surface area contributed by atoms with Crippen molar-refractivity contribution in [2.24, 2.45) is 0 Å². The first-order valence-electron chi connectivity index (χ1n) is 8.92. The highest BCUT2D eigenvalue weighted by Crippen LogP contribution is 2.13. The van der Waals surface area contributed by atoms with Crippen LogP contribution in [0.5, 0.6) is 0 Å². The van der Waals surface area contributed by atoms with Crippen LogP contribution in [0.15, 0.2) is 72.9 Å². The Bertz CT molecular complexity index is 864. The fraction of sp³-hybridized carbons (Fsp3) is 0.182. The highest BCUT2D eigenvalue weighted by molar-refractivity contribution is 5.92. The van der Waals surface area contributed by atoms with E-state index in [9.17, 15) is 9.18 Å². The van der Waals surface area contributed by atoms with Crippen molar-refractivity contribution in [3.63, 3.8) is 0 Å². The molecule has 2 aromatic carbocycles. The molecule has 3 rings (SSSR count). The van der Waals surface area contributed by atoms with Crippen molar-refractivity contribution in [2.45, 2.75) is 19.4 Å². The molecule has 5 heteroatoms. The first-order chi connectivity index (χ1) is 13.1. The first-order valence-corrected chi connectivity index (χ1v) is 8.92. The predicted octanol–water partition coefficient (Wildman–Crippen LogP) is 4.37. The average Bonchev–Trinajstić information content (AvgIpc) is 2.70. The Morgan fingerprint density at radius 1 is 1.04 bits per heavy atom. The van der Waals surface area contributed by atoms with Gasteiger partial charge in [0.25, 0.3) is 5.91 Å². The van der Waals surface area contributed by atoms with Gasteiger partial charge in [0.15, 0.2) is 0 Å². The summed E-state index contributed by atoms with van der Waals surface area (Å²) < 4.78 is 12.9. The number of anilines is 1.